The van der Waals surface area contributed by atoms with Crippen LogP contribution in [-0.4, -0.2) is 15.0 Å². The number of nitrogens with zero attached hydrogens (tertiary/aromatic N) is 3. The molecule has 0 fully saturated rings. The Hall–Kier alpha value is -1.62. The predicted molar refractivity (Wildman–Crippen MR) is 103 cm³/mol. The van der Waals surface area contributed by atoms with Crippen LogP contribution in [0.4, 0.5) is 0 Å². The van der Waals surface area contributed by atoms with E-state index in [1.54, 1.807) is 4.80 Å². The number of halogens is 2. The third-order valence-electron chi connectivity index (χ3n) is 4.49. The number of rotatable bonds is 1. The van der Waals surface area contributed by atoms with Gasteiger partial charge < -0.3 is 24.8 Å². The van der Waals surface area contributed by atoms with Crippen LogP contribution in [-0.2, 0) is 25.8 Å². The van der Waals surface area contributed by atoms with Crippen LogP contribution in [0.15, 0.2) is 77.9 Å². The Labute approximate surface area is 196 Å². The molecule has 1 aliphatic rings. The zero-order chi connectivity index (χ0) is 17.2. The summed E-state index contributed by atoms with van der Waals surface area (Å²) in [6.07, 6.45) is 6.41. The maximum Gasteiger partial charge on any atom is 4.00 e. The van der Waals surface area contributed by atoms with E-state index in [9.17, 15) is 0 Å². The van der Waals surface area contributed by atoms with Gasteiger partial charge in [-0.2, -0.15) is 10.9 Å². The molecule has 0 saturated carbocycles. The first kappa shape index (κ1) is 24.4. The van der Waals surface area contributed by atoms with E-state index in [1.807, 2.05) is 36.4 Å². The van der Waals surface area contributed by atoms with Crippen LogP contribution in [0.2, 0.25) is 0 Å². The molecular formula is C22H19Cl2HfN3. The largest absolute Gasteiger partial charge is 4.00 e. The van der Waals surface area contributed by atoms with E-state index in [0.29, 0.717) is 0 Å². The van der Waals surface area contributed by atoms with Crippen molar-refractivity contribution in [1.29, 1.82) is 0 Å². The summed E-state index contributed by atoms with van der Waals surface area (Å²) in [6.45, 7) is 4.22. The van der Waals surface area contributed by atoms with Crippen LogP contribution in [0.5, 0.6) is 0 Å². The van der Waals surface area contributed by atoms with Crippen molar-refractivity contribution in [2.24, 2.45) is 0 Å². The van der Waals surface area contributed by atoms with Crippen LogP contribution >= 0.6 is 0 Å². The van der Waals surface area contributed by atoms with Crippen molar-refractivity contribution >= 4 is 21.8 Å². The van der Waals surface area contributed by atoms with Gasteiger partial charge in [0, 0.05) is 0 Å². The standard InChI is InChI=1S/C15H10N3.C7H9.2ClH.Hf/c1-2-6-12-10-13(9-11(12)5-1)18-16-14-7-3-4-8-15(14)17-18;1-6-4-3-5-7(6)2;;;/h1-10H;4H,3H2,1-2H3;2*1H;/q2*-1;;;+4/p-2. The molecule has 0 N–H and O–H groups in total. The van der Waals surface area contributed by atoms with E-state index in [4.69, 9.17) is 0 Å². The van der Waals surface area contributed by atoms with Gasteiger partial charge in [-0.25, -0.2) is 11.1 Å². The Morgan fingerprint density at radius 2 is 1.54 bits per heavy atom. The van der Waals surface area contributed by atoms with E-state index in [-0.39, 0.29) is 50.7 Å². The molecule has 0 spiro atoms. The molecule has 4 aromatic rings. The number of fused-ring (bicyclic) bond motifs is 2. The molecule has 0 saturated heterocycles. The second-order valence-electron chi connectivity index (χ2n) is 6.21. The van der Waals surface area contributed by atoms with E-state index in [0.717, 1.165) is 23.1 Å². The smallest absolute Gasteiger partial charge is 1.00 e. The van der Waals surface area contributed by atoms with E-state index in [1.165, 1.54) is 21.9 Å². The molecule has 0 radical (unpaired) electrons. The summed E-state index contributed by atoms with van der Waals surface area (Å²) in [4.78, 5) is 1.70. The van der Waals surface area contributed by atoms with Gasteiger partial charge in [0.25, 0.3) is 0 Å². The summed E-state index contributed by atoms with van der Waals surface area (Å²) in [5, 5.41) is 11.4. The molecule has 0 amide bonds. The minimum atomic E-state index is 0. The Morgan fingerprint density at radius 1 is 0.929 bits per heavy atom. The Balaban J connectivity index is 0.000000341. The average Bonchev–Trinajstić information content (AvgIpc) is 3.33. The van der Waals surface area contributed by atoms with Crippen LogP contribution in [0.3, 0.4) is 0 Å². The second-order valence-corrected chi connectivity index (χ2v) is 6.21. The summed E-state index contributed by atoms with van der Waals surface area (Å²) < 4.78 is 0. The second kappa shape index (κ2) is 10.8. The quantitative estimate of drug-likeness (QED) is 0.224. The van der Waals surface area contributed by atoms with Crippen LogP contribution in [0.1, 0.15) is 20.3 Å². The SMILES string of the molecule is CC1=[C-]CC=C1C.[Cl-].[Cl-].[Hf+4].c1ccc2[cH-]c(-n3nc4ccccc4n3)cc2c1. The van der Waals surface area contributed by atoms with Crippen molar-refractivity contribution in [1.82, 2.24) is 15.0 Å². The monoisotopic (exact) mass is 575 g/mol. The summed E-state index contributed by atoms with van der Waals surface area (Å²) in [6, 6.07) is 20.4. The molecule has 140 valence electrons. The molecule has 5 rings (SSSR count). The third-order valence-corrected chi connectivity index (χ3v) is 4.49. The number of allylic oxidation sites excluding steroid dienone is 4. The molecule has 3 nitrogen and oxygen atoms in total. The third kappa shape index (κ3) is 5.25. The summed E-state index contributed by atoms with van der Waals surface area (Å²) in [5.41, 5.74) is 5.55. The van der Waals surface area contributed by atoms with Crippen molar-refractivity contribution in [3.05, 3.63) is 84.0 Å². The van der Waals surface area contributed by atoms with Crippen molar-refractivity contribution < 1.29 is 50.7 Å². The normalized spacial score (nSPS) is 12.1. The minimum Gasteiger partial charge on any atom is -1.00 e. The minimum absolute atomic E-state index is 0. The molecule has 28 heavy (non-hydrogen) atoms. The van der Waals surface area contributed by atoms with Gasteiger partial charge in [-0.05, 0) is 17.8 Å². The zero-order valence-electron chi connectivity index (χ0n) is 15.7. The maximum atomic E-state index is 4.48. The van der Waals surface area contributed by atoms with Crippen molar-refractivity contribution in [2.45, 2.75) is 20.3 Å². The Kier molecular flexibility index (Phi) is 9.42. The van der Waals surface area contributed by atoms with E-state index in [2.05, 4.69) is 60.5 Å². The molecule has 0 unspecified atom stereocenters. The zero-order valence-corrected chi connectivity index (χ0v) is 20.8. The molecule has 1 aromatic heterocycles. The molecule has 6 heteroatoms. The van der Waals surface area contributed by atoms with E-state index < -0.39 is 0 Å². The first-order valence-corrected chi connectivity index (χ1v) is 8.43. The summed E-state index contributed by atoms with van der Waals surface area (Å²) >= 11 is 0. The fraction of sp³-hybridized carbons (Fsp3) is 0.136. The van der Waals surface area contributed by atoms with Gasteiger partial charge in [0.15, 0.2) is 0 Å². The molecule has 1 heterocycles. The van der Waals surface area contributed by atoms with Gasteiger partial charge in [0.1, 0.15) is 11.0 Å². The number of hydrogen-bond acceptors (Lipinski definition) is 2. The van der Waals surface area contributed by atoms with Crippen molar-refractivity contribution in [3.8, 4) is 5.69 Å². The fourth-order valence-corrected chi connectivity index (χ4v) is 2.87. The Bertz CT molecular complexity index is 955. The summed E-state index contributed by atoms with van der Waals surface area (Å²) in [5.74, 6) is 0. The maximum absolute atomic E-state index is 4.48. The molecule has 0 atom stereocenters. The van der Waals surface area contributed by atoms with Gasteiger partial charge in [0.05, 0.1) is 0 Å². The van der Waals surface area contributed by atoms with Gasteiger partial charge in [0.2, 0.25) is 0 Å². The number of benzene rings is 2. The van der Waals surface area contributed by atoms with Crippen LogP contribution < -0.4 is 24.8 Å². The van der Waals surface area contributed by atoms with Gasteiger partial charge in [-0.3, -0.25) is 6.08 Å². The van der Waals surface area contributed by atoms with Gasteiger partial charge in [-0.15, -0.1) is 64.6 Å². The number of aromatic nitrogens is 3. The molecule has 1 aliphatic carbocycles. The predicted octanol–water partition coefficient (Wildman–Crippen LogP) is -0.616. The van der Waals surface area contributed by atoms with Crippen LogP contribution in [0, 0.1) is 6.08 Å². The number of hydrogen-bond donors (Lipinski definition) is 0. The topological polar surface area (TPSA) is 30.7 Å². The average molecular weight is 575 g/mol. The first-order chi connectivity index (χ1) is 12.2. The molecule has 0 bridgehead atoms. The fourth-order valence-electron chi connectivity index (χ4n) is 2.87. The van der Waals surface area contributed by atoms with Crippen LogP contribution in [0.25, 0.3) is 27.5 Å². The van der Waals surface area contributed by atoms with Gasteiger partial charge >= 0.3 is 25.8 Å². The van der Waals surface area contributed by atoms with Crippen molar-refractivity contribution in [3.63, 3.8) is 0 Å². The molecule has 0 aliphatic heterocycles. The Morgan fingerprint density at radius 3 is 2.04 bits per heavy atom. The summed E-state index contributed by atoms with van der Waals surface area (Å²) in [7, 11) is 0. The van der Waals surface area contributed by atoms with E-state index >= 15 is 0 Å². The van der Waals surface area contributed by atoms with Gasteiger partial charge in [-0.1, -0.05) is 25.1 Å². The first-order valence-electron chi connectivity index (χ1n) is 8.43. The van der Waals surface area contributed by atoms with Crippen molar-refractivity contribution in [2.75, 3.05) is 0 Å². The molecular weight excluding hydrogens is 556 g/mol. The molecule has 3 aromatic carbocycles.